The van der Waals surface area contributed by atoms with Gasteiger partial charge in [0.25, 0.3) is 5.56 Å². The number of carbonyl (C=O) groups excluding carboxylic acids is 1. The Morgan fingerprint density at radius 3 is 2.89 bits per heavy atom. The first-order chi connectivity index (χ1) is 9.10. The normalized spacial score (nSPS) is 10.0. The average molecular weight is 390 g/mol. The van der Waals surface area contributed by atoms with E-state index in [0.717, 1.165) is 20.8 Å². The second-order valence-corrected chi connectivity index (χ2v) is 5.64. The SMILES string of the molecule is CNC(=O)Nc1c(Nc2cccc(I)c2)s[nH]c1=O. The van der Waals surface area contributed by atoms with Crippen LogP contribution in [0.1, 0.15) is 0 Å². The van der Waals surface area contributed by atoms with E-state index < -0.39 is 6.03 Å². The zero-order valence-electron chi connectivity index (χ0n) is 9.91. The summed E-state index contributed by atoms with van der Waals surface area (Å²) >= 11 is 3.34. The van der Waals surface area contributed by atoms with Gasteiger partial charge in [0.1, 0.15) is 10.7 Å². The van der Waals surface area contributed by atoms with Gasteiger partial charge in [-0.05, 0) is 52.3 Å². The molecule has 0 aliphatic carbocycles. The molecule has 100 valence electrons. The fourth-order valence-electron chi connectivity index (χ4n) is 1.38. The molecule has 6 nitrogen and oxygen atoms in total. The van der Waals surface area contributed by atoms with Crippen LogP contribution in [0.25, 0.3) is 0 Å². The molecule has 0 unspecified atom stereocenters. The molecular weight excluding hydrogens is 379 g/mol. The van der Waals surface area contributed by atoms with Gasteiger partial charge in [-0.3, -0.25) is 9.17 Å². The third-order valence-electron chi connectivity index (χ3n) is 2.25. The van der Waals surface area contributed by atoms with Gasteiger partial charge in [-0.2, -0.15) is 0 Å². The van der Waals surface area contributed by atoms with Gasteiger partial charge >= 0.3 is 6.03 Å². The molecule has 2 amide bonds. The van der Waals surface area contributed by atoms with Crippen LogP contribution in [0, 0.1) is 3.57 Å². The van der Waals surface area contributed by atoms with Gasteiger partial charge in [0.2, 0.25) is 0 Å². The molecule has 0 aliphatic heterocycles. The number of H-pyrrole nitrogens is 1. The Kier molecular flexibility index (Phi) is 4.43. The van der Waals surface area contributed by atoms with Crippen molar-refractivity contribution in [3.63, 3.8) is 0 Å². The summed E-state index contributed by atoms with van der Waals surface area (Å²) < 4.78 is 3.66. The highest BCUT2D eigenvalue weighted by Gasteiger charge is 2.13. The van der Waals surface area contributed by atoms with E-state index in [9.17, 15) is 9.59 Å². The number of hydrogen-bond acceptors (Lipinski definition) is 4. The zero-order valence-corrected chi connectivity index (χ0v) is 12.9. The van der Waals surface area contributed by atoms with E-state index in [0.29, 0.717) is 5.00 Å². The Labute approximate surface area is 126 Å². The van der Waals surface area contributed by atoms with E-state index >= 15 is 0 Å². The summed E-state index contributed by atoms with van der Waals surface area (Å²) in [7, 11) is 1.49. The number of nitrogens with one attached hydrogen (secondary N) is 4. The molecule has 19 heavy (non-hydrogen) atoms. The Bertz CT molecular complexity index is 652. The van der Waals surface area contributed by atoms with Crippen molar-refractivity contribution < 1.29 is 4.79 Å². The van der Waals surface area contributed by atoms with Gasteiger partial charge in [-0.1, -0.05) is 6.07 Å². The van der Waals surface area contributed by atoms with Gasteiger partial charge in [0.05, 0.1) is 0 Å². The highest BCUT2D eigenvalue weighted by molar-refractivity contribution is 14.1. The number of aromatic nitrogens is 1. The highest BCUT2D eigenvalue weighted by Crippen LogP contribution is 2.26. The van der Waals surface area contributed by atoms with Crippen molar-refractivity contribution in [2.45, 2.75) is 0 Å². The molecular formula is C11H11IN4O2S. The van der Waals surface area contributed by atoms with Crippen LogP contribution >= 0.6 is 34.1 Å². The van der Waals surface area contributed by atoms with E-state index in [2.05, 4.69) is 42.9 Å². The van der Waals surface area contributed by atoms with Crippen molar-refractivity contribution in [2.75, 3.05) is 17.7 Å². The third kappa shape index (κ3) is 3.47. The molecule has 0 bridgehead atoms. The Balaban J connectivity index is 2.26. The minimum absolute atomic E-state index is 0.211. The Morgan fingerprint density at radius 2 is 2.21 bits per heavy atom. The van der Waals surface area contributed by atoms with E-state index in [1.165, 1.54) is 7.05 Å². The maximum atomic E-state index is 11.6. The minimum atomic E-state index is -0.436. The topological polar surface area (TPSA) is 86.0 Å². The maximum absolute atomic E-state index is 11.6. The first-order valence-electron chi connectivity index (χ1n) is 5.33. The monoisotopic (exact) mass is 390 g/mol. The van der Waals surface area contributed by atoms with Gasteiger partial charge < -0.3 is 16.0 Å². The fraction of sp³-hybridized carbons (Fsp3) is 0.0909. The predicted octanol–water partition coefficient (Wildman–Crippen LogP) is 2.54. The lowest BCUT2D eigenvalue weighted by molar-refractivity contribution is 0.254. The molecule has 0 saturated carbocycles. The quantitative estimate of drug-likeness (QED) is 0.608. The van der Waals surface area contributed by atoms with Crippen LogP contribution in [0.4, 0.5) is 21.2 Å². The van der Waals surface area contributed by atoms with Crippen molar-refractivity contribution in [1.82, 2.24) is 9.69 Å². The standard InChI is InChI=1S/C11H11IN4O2S/c1-13-11(18)15-8-9(17)16-19-10(8)14-7-4-2-3-6(12)5-7/h2-5,14H,1H3,(H,16,17)(H2,13,15,18). The summed E-state index contributed by atoms with van der Waals surface area (Å²) in [6.45, 7) is 0. The van der Waals surface area contributed by atoms with Crippen molar-refractivity contribution in [1.29, 1.82) is 0 Å². The van der Waals surface area contributed by atoms with Gasteiger partial charge in [-0.15, -0.1) is 0 Å². The lowest BCUT2D eigenvalue weighted by Crippen LogP contribution is -2.27. The van der Waals surface area contributed by atoms with Gasteiger partial charge in [0, 0.05) is 16.3 Å². The summed E-state index contributed by atoms with van der Waals surface area (Å²) in [4.78, 5) is 22.9. The number of hydrogen-bond donors (Lipinski definition) is 4. The Morgan fingerprint density at radius 1 is 1.42 bits per heavy atom. The first kappa shape index (κ1) is 13.9. The van der Waals surface area contributed by atoms with Gasteiger partial charge in [0.15, 0.2) is 0 Å². The maximum Gasteiger partial charge on any atom is 0.319 e. The Hall–Kier alpha value is -1.55. The molecule has 0 atom stereocenters. The molecule has 1 heterocycles. The average Bonchev–Trinajstić information content (AvgIpc) is 2.71. The number of rotatable bonds is 3. The van der Waals surface area contributed by atoms with E-state index in [1.807, 2.05) is 24.3 Å². The summed E-state index contributed by atoms with van der Waals surface area (Å²) in [6.07, 6.45) is 0. The smallest absolute Gasteiger partial charge is 0.319 e. The zero-order chi connectivity index (χ0) is 13.8. The largest absolute Gasteiger partial charge is 0.344 e. The van der Waals surface area contributed by atoms with Crippen LogP contribution in [0.3, 0.4) is 0 Å². The molecule has 0 spiro atoms. The molecule has 2 rings (SSSR count). The number of benzene rings is 1. The number of aromatic amines is 1. The molecule has 8 heteroatoms. The lowest BCUT2D eigenvalue weighted by atomic mass is 10.3. The van der Waals surface area contributed by atoms with Crippen LogP contribution in [0.5, 0.6) is 0 Å². The van der Waals surface area contributed by atoms with Crippen molar-refractivity contribution in [2.24, 2.45) is 0 Å². The molecule has 0 fully saturated rings. The van der Waals surface area contributed by atoms with Crippen LogP contribution in [-0.2, 0) is 0 Å². The third-order valence-corrected chi connectivity index (χ3v) is 3.72. The van der Waals surface area contributed by atoms with Crippen LogP contribution < -0.4 is 21.5 Å². The van der Waals surface area contributed by atoms with Crippen molar-refractivity contribution in [3.05, 3.63) is 38.2 Å². The number of carbonyl (C=O) groups is 1. The number of anilines is 3. The second-order valence-electron chi connectivity index (χ2n) is 3.58. The van der Waals surface area contributed by atoms with E-state index in [1.54, 1.807) is 0 Å². The number of urea groups is 1. The summed E-state index contributed by atoms with van der Waals surface area (Å²) in [6, 6.07) is 7.26. The molecule has 1 aromatic heterocycles. The van der Waals surface area contributed by atoms with Crippen LogP contribution in [0.15, 0.2) is 29.1 Å². The second kappa shape index (κ2) is 6.06. The van der Waals surface area contributed by atoms with Gasteiger partial charge in [-0.25, -0.2) is 4.79 Å². The molecule has 0 aliphatic rings. The molecule has 2 aromatic rings. The lowest BCUT2D eigenvalue weighted by Gasteiger charge is -2.07. The number of halogens is 1. The van der Waals surface area contributed by atoms with Crippen molar-refractivity contribution in [3.8, 4) is 0 Å². The first-order valence-corrected chi connectivity index (χ1v) is 7.22. The van der Waals surface area contributed by atoms with E-state index in [4.69, 9.17) is 0 Å². The van der Waals surface area contributed by atoms with Crippen LogP contribution in [-0.4, -0.2) is 17.5 Å². The van der Waals surface area contributed by atoms with Crippen molar-refractivity contribution >= 4 is 56.5 Å². The summed E-state index contributed by atoms with van der Waals surface area (Å²) in [5, 5.41) is 8.57. The fourth-order valence-corrected chi connectivity index (χ4v) is 2.63. The molecule has 1 aromatic carbocycles. The highest BCUT2D eigenvalue weighted by atomic mass is 127. The van der Waals surface area contributed by atoms with Crippen LogP contribution in [0.2, 0.25) is 0 Å². The predicted molar refractivity (Wildman–Crippen MR) is 85.5 cm³/mol. The summed E-state index contributed by atoms with van der Waals surface area (Å²) in [5.74, 6) is 0. The molecule has 0 saturated heterocycles. The molecule has 4 N–H and O–H groups in total. The molecule has 0 radical (unpaired) electrons. The summed E-state index contributed by atoms with van der Waals surface area (Å²) in [5.41, 5.74) is 0.729. The minimum Gasteiger partial charge on any atom is -0.344 e. The number of amides is 2. The van der Waals surface area contributed by atoms with E-state index in [-0.39, 0.29) is 11.2 Å².